The quantitative estimate of drug-likeness (QED) is 0.161. The summed E-state index contributed by atoms with van der Waals surface area (Å²) in [6.07, 6.45) is 0. The predicted octanol–water partition coefficient (Wildman–Crippen LogP) is 18.4. The Balaban J connectivity index is 0.832. The number of benzene rings is 12. The molecule has 314 valence electrons. The summed E-state index contributed by atoms with van der Waals surface area (Å²) in [7, 11) is 0. The van der Waals surface area contributed by atoms with Gasteiger partial charge in [0, 0.05) is 15.5 Å². The molecule has 0 aliphatic heterocycles. The number of hydrogen-bond acceptors (Lipinski definition) is 2. The van der Waals surface area contributed by atoms with E-state index in [2.05, 4.69) is 235 Å². The highest BCUT2D eigenvalue weighted by molar-refractivity contribution is 7.26. The van der Waals surface area contributed by atoms with Gasteiger partial charge < -0.3 is 0 Å². The average Bonchev–Trinajstić information content (AvgIpc) is 3.98. The molecule has 0 N–H and O–H groups in total. The van der Waals surface area contributed by atoms with Crippen molar-refractivity contribution in [3.05, 3.63) is 231 Å². The van der Waals surface area contributed by atoms with Crippen LogP contribution in [0.15, 0.2) is 231 Å². The van der Waals surface area contributed by atoms with Gasteiger partial charge in [-0.2, -0.15) is 0 Å². The van der Waals surface area contributed by atoms with Crippen molar-refractivity contribution in [2.24, 2.45) is 0 Å². The molecule has 15 aromatic rings. The van der Waals surface area contributed by atoms with Crippen molar-refractivity contribution >= 4 is 113 Å². The van der Waals surface area contributed by atoms with E-state index in [4.69, 9.17) is 4.98 Å². The van der Waals surface area contributed by atoms with E-state index in [1.165, 1.54) is 118 Å². The van der Waals surface area contributed by atoms with E-state index in [-0.39, 0.29) is 0 Å². The number of hydrogen-bond donors (Lipinski definition) is 0. The van der Waals surface area contributed by atoms with Gasteiger partial charge in [-0.1, -0.05) is 200 Å². The lowest BCUT2D eigenvalue weighted by molar-refractivity contribution is 1.25. The molecular formula is C65H38N2S. The number of nitrogens with zero attached hydrogens (tertiary/aromatic N) is 2. The van der Waals surface area contributed by atoms with E-state index in [0.29, 0.717) is 0 Å². The van der Waals surface area contributed by atoms with Crippen LogP contribution in [0.1, 0.15) is 0 Å². The number of aromatic nitrogens is 2. The normalized spacial score (nSPS) is 12.1. The maximum atomic E-state index is 5.41. The first-order valence-electron chi connectivity index (χ1n) is 23.3. The Kier molecular flexibility index (Phi) is 7.98. The molecule has 3 heterocycles. The summed E-state index contributed by atoms with van der Waals surface area (Å²) in [5.74, 6) is 0. The molecule has 0 aliphatic rings. The molecule has 3 heteroatoms. The van der Waals surface area contributed by atoms with E-state index in [0.717, 1.165) is 27.9 Å². The zero-order chi connectivity index (χ0) is 44.5. The van der Waals surface area contributed by atoms with Gasteiger partial charge in [0.25, 0.3) is 0 Å². The molecule has 0 saturated carbocycles. The van der Waals surface area contributed by atoms with Crippen molar-refractivity contribution < 1.29 is 0 Å². The summed E-state index contributed by atoms with van der Waals surface area (Å²) >= 11 is 1.85. The lowest BCUT2D eigenvalue weighted by Gasteiger charge is -2.14. The Hall–Kier alpha value is -8.63. The number of imidazole rings is 1. The van der Waals surface area contributed by atoms with Crippen LogP contribution < -0.4 is 0 Å². The highest BCUT2D eigenvalue weighted by Gasteiger charge is 2.20. The van der Waals surface area contributed by atoms with Gasteiger partial charge in [0.05, 0.1) is 21.4 Å². The monoisotopic (exact) mass is 878 g/mol. The van der Waals surface area contributed by atoms with Crippen LogP contribution in [0.4, 0.5) is 0 Å². The van der Waals surface area contributed by atoms with E-state index in [1.807, 2.05) is 11.3 Å². The van der Waals surface area contributed by atoms with Crippen molar-refractivity contribution in [2.45, 2.75) is 0 Å². The second-order valence-corrected chi connectivity index (χ2v) is 19.3. The highest BCUT2D eigenvalue weighted by Crippen LogP contribution is 2.45. The van der Waals surface area contributed by atoms with Crippen LogP contribution in [0, 0.1) is 0 Å². The fourth-order valence-electron chi connectivity index (χ4n) is 11.3. The SMILES string of the molecule is c1ccc2cc3c(cc2c1)nc1c2sc4ccc5ccccc5c4c2cc(-c2ccc(-c4ccc(-c5ccc(-c6ccc7c8ccccc8c8ccccc8c7c6)cc5)c5ccccc45)cc2)n31. The molecule has 0 saturated heterocycles. The lowest BCUT2D eigenvalue weighted by atomic mass is 9.90. The van der Waals surface area contributed by atoms with Crippen molar-refractivity contribution in [1.82, 2.24) is 9.38 Å². The standard InChI is InChI=1S/C65H38N2S/c1-2-13-45-37-61-59(36-44(45)12-1)66-65-64-58(63-49-14-4-3-11-40(49)30-34-62(63)68-64)38-60(67(61)65)43-27-25-42(26-28-43)48-33-32-47(50-15-5-6-16-51(48)50)41-23-21-39(22-24-41)46-29-31-56-54-19-8-7-17-52(54)53-18-9-10-20-55(53)57(56)35-46/h1-38H. The van der Waals surface area contributed by atoms with Crippen LogP contribution in [0.3, 0.4) is 0 Å². The second-order valence-electron chi connectivity index (χ2n) is 18.2. The highest BCUT2D eigenvalue weighted by atomic mass is 32.1. The van der Waals surface area contributed by atoms with Gasteiger partial charge in [-0.05, 0) is 134 Å². The summed E-state index contributed by atoms with van der Waals surface area (Å²) in [5, 5.41) is 17.8. The number of pyridine rings is 1. The number of rotatable bonds is 4. The molecule has 0 unspecified atom stereocenters. The summed E-state index contributed by atoms with van der Waals surface area (Å²) in [6.45, 7) is 0. The van der Waals surface area contributed by atoms with Crippen molar-refractivity contribution in [1.29, 1.82) is 0 Å². The Morgan fingerprint density at radius 3 is 1.47 bits per heavy atom. The Morgan fingerprint density at radius 1 is 0.324 bits per heavy atom. The third kappa shape index (κ3) is 5.54. The number of thiophene rings is 1. The number of fused-ring (bicyclic) bond motifs is 17. The van der Waals surface area contributed by atoms with E-state index >= 15 is 0 Å². The third-order valence-corrected chi connectivity index (χ3v) is 15.7. The fraction of sp³-hybridized carbons (Fsp3) is 0. The molecular weight excluding hydrogens is 841 g/mol. The molecule has 2 nitrogen and oxygen atoms in total. The summed E-state index contributed by atoms with van der Waals surface area (Å²) in [5.41, 5.74) is 12.7. The van der Waals surface area contributed by atoms with Gasteiger partial charge in [0.2, 0.25) is 0 Å². The van der Waals surface area contributed by atoms with Crippen LogP contribution in [-0.4, -0.2) is 9.38 Å². The Bertz CT molecular complexity index is 4560. The van der Waals surface area contributed by atoms with Crippen LogP contribution in [0.5, 0.6) is 0 Å². The first kappa shape index (κ1) is 37.6. The summed E-state index contributed by atoms with van der Waals surface area (Å²) in [6, 6.07) is 85.2. The van der Waals surface area contributed by atoms with E-state index < -0.39 is 0 Å². The maximum absolute atomic E-state index is 5.41. The molecule has 0 fully saturated rings. The lowest BCUT2D eigenvalue weighted by Crippen LogP contribution is -1.93. The van der Waals surface area contributed by atoms with Gasteiger partial charge in [-0.3, -0.25) is 4.40 Å². The van der Waals surface area contributed by atoms with Gasteiger partial charge in [-0.25, -0.2) is 4.98 Å². The zero-order valence-corrected chi connectivity index (χ0v) is 37.6. The minimum atomic E-state index is 1.01. The molecule has 12 aromatic carbocycles. The van der Waals surface area contributed by atoms with Crippen molar-refractivity contribution in [2.75, 3.05) is 0 Å². The van der Waals surface area contributed by atoms with Gasteiger partial charge >= 0.3 is 0 Å². The average molecular weight is 879 g/mol. The smallest absolute Gasteiger partial charge is 0.156 e. The molecule has 0 aliphatic carbocycles. The predicted molar refractivity (Wildman–Crippen MR) is 292 cm³/mol. The van der Waals surface area contributed by atoms with Crippen LogP contribution in [-0.2, 0) is 0 Å². The largest absolute Gasteiger partial charge is 0.291 e. The Labute approximate surface area is 395 Å². The van der Waals surface area contributed by atoms with E-state index in [9.17, 15) is 0 Å². The first-order chi connectivity index (χ1) is 33.7. The first-order valence-corrected chi connectivity index (χ1v) is 24.2. The molecule has 0 bridgehead atoms. The molecule has 0 spiro atoms. The van der Waals surface area contributed by atoms with Crippen molar-refractivity contribution in [3.8, 4) is 44.6 Å². The van der Waals surface area contributed by atoms with Crippen LogP contribution in [0.25, 0.3) is 146 Å². The minimum Gasteiger partial charge on any atom is -0.291 e. The van der Waals surface area contributed by atoms with Gasteiger partial charge in [0.15, 0.2) is 5.65 Å². The summed E-state index contributed by atoms with van der Waals surface area (Å²) in [4.78, 5) is 5.41. The second kappa shape index (κ2) is 14.4. The topological polar surface area (TPSA) is 17.3 Å². The third-order valence-electron chi connectivity index (χ3n) is 14.6. The van der Waals surface area contributed by atoms with Crippen LogP contribution in [0.2, 0.25) is 0 Å². The molecule has 0 atom stereocenters. The molecule has 15 rings (SSSR count). The molecule has 0 amide bonds. The van der Waals surface area contributed by atoms with Crippen molar-refractivity contribution in [3.63, 3.8) is 0 Å². The Morgan fingerprint density at radius 2 is 0.824 bits per heavy atom. The maximum Gasteiger partial charge on any atom is 0.156 e. The molecule has 3 aromatic heterocycles. The van der Waals surface area contributed by atoms with Gasteiger partial charge in [-0.15, -0.1) is 11.3 Å². The van der Waals surface area contributed by atoms with E-state index in [1.54, 1.807) is 0 Å². The van der Waals surface area contributed by atoms with Gasteiger partial charge in [0.1, 0.15) is 0 Å². The summed E-state index contributed by atoms with van der Waals surface area (Å²) < 4.78 is 4.90. The van der Waals surface area contributed by atoms with Crippen LogP contribution >= 0.6 is 11.3 Å². The molecule has 68 heavy (non-hydrogen) atoms. The fourth-order valence-corrected chi connectivity index (χ4v) is 12.5. The minimum absolute atomic E-state index is 1.01. The zero-order valence-electron chi connectivity index (χ0n) is 36.7. The molecule has 0 radical (unpaired) electrons.